The Kier molecular flexibility index (Phi) is 4.67. The molecular formula is C15H22N4O2S. The second-order valence-electron chi connectivity index (χ2n) is 5.45. The lowest BCUT2D eigenvalue weighted by atomic mass is 10.0. The Hall–Kier alpha value is -1.73. The number of benzene rings is 1. The zero-order chi connectivity index (χ0) is 16.5. The van der Waals surface area contributed by atoms with Crippen LogP contribution in [-0.2, 0) is 23.1 Å². The van der Waals surface area contributed by atoms with Gasteiger partial charge in [-0.05, 0) is 56.9 Å². The summed E-state index contributed by atoms with van der Waals surface area (Å²) in [4.78, 5) is 0.368. The van der Waals surface area contributed by atoms with Crippen LogP contribution in [0, 0.1) is 27.7 Å². The van der Waals surface area contributed by atoms with Gasteiger partial charge in [-0.15, -0.1) is 10.2 Å². The standard InChI is InChI=1S/C15H22N4O2S/c1-6-19-9-16-18-14(19)8-17-22(20,21)15-12(4)10(2)7-11(3)13(15)5/h7,9,17H,6,8H2,1-5H3. The fourth-order valence-electron chi connectivity index (χ4n) is 2.50. The van der Waals surface area contributed by atoms with Crippen molar-refractivity contribution in [3.05, 3.63) is 40.5 Å². The lowest BCUT2D eigenvalue weighted by Gasteiger charge is -2.16. The molecule has 1 aromatic heterocycles. The fraction of sp³-hybridized carbons (Fsp3) is 0.467. The summed E-state index contributed by atoms with van der Waals surface area (Å²) in [6, 6.07) is 2.01. The summed E-state index contributed by atoms with van der Waals surface area (Å²) in [5.41, 5.74) is 3.51. The number of aryl methyl sites for hydroxylation is 3. The summed E-state index contributed by atoms with van der Waals surface area (Å²) in [5.74, 6) is 0.603. The minimum atomic E-state index is -3.60. The average Bonchev–Trinajstić information content (AvgIpc) is 2.90. The lowest BCUT2D eigenvalue weighted by Crippen LogP contribution is -2.27. The van der Waals surface area contributed by atoms with Gasteiger partial charge in [0.15, 0.2) is 0 Å². The normalized spacial score (nSPS) is 11.9. The first kappa shape index (κ1) is 16.6. The molecule has 0 aliphatic carbocycles. The van der Waals surface area contributed by atoms with Crippen LogP contribution in [0.4, 0.5) is 0 Å². The van der Waals surface area contributed by atoms with E-state index < -0.39 is 10.0 Å². The molecule has 0 spiro atoms. The van der Waals surface area contributed by atoms with Gasteiger partial charge in [-0.1, -0.05) is 6.07 Å². The van der Waals surface area contributed by atoms with Gasteiger partial charge in [-0.2, -0.15) is 0 Å². The third-order valence-electron chi connectivity index (χ3n) is 4.02. The van der Waals surface area contributed by atoms with Crippen LogP contribution < -0.4 is 4.72 Å². The third kappa shape index (κ3) is 3.05. The van der Waals surface area contributed by atoms with Crippen molar-refractivity contribution in [1.29, 1.82) is 0 Å². The molecule has 0 radical (unpaired) electrons. The molecule has 1 N–H and O–H groups in total. The van der Waals surface area contributed by atoms with Gasteiger partial charge < -0.3 is 4.57 Å². The Labute approximate surface area is 131 Å². The molecule has 0 aliphatic rings. The molecule has 0 bridgehead atoms. The van der Waals surface area contributed by atoms with Crippen molar-refractivity contribution < 1.29 is 8.42 Å². The molecule has 0 atom stereocenters. The lowest BCUT2D eigenvalue weighted by molar-refractivity contribution is 0.573. The minimum Gasteiger partial charge on any atom is -0.317 e. The molecule has 7 heteroatoms. The van der Waals surface area contributed by atoms with Crippen LogP contribution in [0.3, 0.4) is 0 Å². The maximum absolute atomic E-state index is 12.7. The fourth-order valence-corrected chi connectivity index (χ4v) is 4.09. The number of rotatable bonds is 5. The van der Waals surface area contributed by atoms with Crippen LogP contribution in [0.2, 0.25) is 0 Å². The molecule has 22 heavy (non-hydrogen) atoms. The van der Waals surface area contributed by atoms with Crippen molar-refractivity contribution in [1.82, 2.24) is 19.5 Å². The van der Waals surface area contributed by atoms with Crippen LogP contribution >= 0.6 is 0 Å². The highest BCUT2D eigenvalue weighted by atomic mass is 32.2. The van der Waals surface area contributed by atoms with E-state index in [2.05, 4.69) is 14.9 Å². The van der Waals surface area contributed by atoms with Crippen molar-refractivity contribution >= 4 is 10.0 Å². The first-order valence-electron chi connectivity index (χ1n) is 7.21. The van der Waals surface area contributed by atoms with Crippen LogP contribution in [0.15, 0.2) is 17.3 Å². The van der Waals surface area contributed by atoms with E-state index in [1.54, 1.807) is 6.33 Å². The zero-order valence-electron chi connectivity index (χ0n) is 13.6. The van der Waals surface area contributed by atoms with Gasteiger partial charge in [0.25, 0.3) is 0 Å². The molecule has 0 fully saturated rings. The third-order valence-corrected chi connectivity index (χ3v) is 5.70. The molecule has 0 saturated heterocycles. The van der Waals surface area contributed by atoms with Crippen LogP contribution in [0.5, 0.6) is 0 Å². The maximum Gasteiger partial charge on any atom is 0.241 e. The molecule has 0 aliphatic heterocycles. The number of hydrogen-bond donors (Lipinski definition) is 1. The van der Waals surface area contributed by atoms with Gasteiger partial charge in [0.2, 0.25) is 10.0 Å². The maximum atomic E-state index is 12.7. The average molecular weight is 322 g/mol. The second kappa shape index (κ2) is 6.18. The van der Waals surface area contributed by atoms with Crippen molar-refractivity contribution in [2.75, 3.05) is 0 Å². The molecule has 0 unspecified atom stereocenters. The van der Waals surface area contributed by atoms with E-state index in [0.29, 0.717) is 17.3 Å². The Bertz CT molecular complexity index is 768. The first-order valence-corrected chi connectivity index (χ1v) is 8.70. The Morgan fingerprint density at radius 3 is 2.27 bits per heavy atom. The molecule has 0 saturated carbocycles. The van der Waals surface area contributed by atoms with Crippen molar-refractivity contribution in [3.63, 3.8) is 0 Å². The molecule has 1 aromatic carbocycles. The van der Waals surface area contributed by atoms with Crippen LogP contribution in [-0.4, -0.2) is 23.2 Å². The largest absolute Gasteiger partial charge is 0.317 e. The van der Waals surface area contributed by atoms with E-state index in [4.69, 9.17) is 0 Å². The second-order valence-corrected chi connectivity index (χ2v) is 7.15. The molecule has 1 heterocycles. The van der Waals surface area contributed by atoms with Gasteiger partial charge in [0.1, 0.15) is 12.2 Å². The van der Waals surface area contributed by atoms with E-state index in [1.807, 2.05) is 45.3 Å². The molecule has 2 rings (SSSR count). The molecule has 2 aromatic rings. The smallest absolute Gasteiger partial charge is 0.241 e. The highest BCUT2D eigenvalue weighted by Crippen LogP contribution is 2.25. The quantitative estimate of drug-likeness (QED) is 0.913. The number of hydrogen-bond acceptors (Lipinski definition) is 4. The summed E-state index contributed by atoms with van der Waals surface area (Å²) in [5, 5.41) is 7.76. The summed E-state index contributed by atoms with van der Waals surface area (Å²) in [6.07, 6.45) is 1.59. The van der Waals surface area contributed by atoms with Gasteiger partial charge in [0.05, 0.1) is 11.4 Å². The number of nitrogens with one attached hydrogen (secondary N) is 1. The van der Waals surface area contributed by atoms with E-state index in [1.165, 1.54) is 0 Å². The zero-order valence-corrected chi connectivity index (χ0v) is 14.5. The predicted octanol–water partition coefficient (Wildman–Crippen LogP) is 2.01. The summed E-state index contributed by atoms with van der Waals surface area (Å²) in [7, 11) is -3.60. The SMILES string of the molecule is CCn1cnnc1CNS(=O)(=O)c1c(C)c(C)cc(C)c1C. The highest BCUT2D eigenvalue weighted by molar-refractivity contribution is 7.89. The first-order chi connectivity index (χ1) is 10.3. The molecule has 6 nitrogen and oxygen atoms in total. The van der Waals surface area contributed by atoms with Crippen LogP contribution in [0.1, 0.15) is 35.0 Å². The Morgan fingerprint density at radius 1 is 1.14 bits per heavy atom. The molecular weight excluding hydrogens is 300 g/mol. The van der Waals surface area contributed by atoms with Gasteiger partial charge in [-0.3, -0.25) is 0 Å². The van der Waals surface area contributed by atoms with Crippen LogP contribution in [0.25, 0.3) is 0 Å². The van der Waals surface area contributed by atoms with Crippen molar-refractivity contribution in [2.24, 2.45) is 0 Å². The monoisotopic (exact) mass is 322 g/mol. The van der Waals surface area contributed by atoms with E-state index >= 15 is 0 Å². The predicted molar refractivity (Wildman–Crippen MR) is 85.1 cm³/mol. The Morgan fingerprint density at radius 2 is 1.73 bits per heavy atom. The van der Waals surface area contributed by atoms with Gasteiger partial charge in [0, 0.05) is 6.54 Å². The molecule has 120 valence electrons. The topological polar surface area (TPSA) is 76.9 Å². The summed E-state index contributed by atoms with van der Waals surface area (Å²) < 4.78 is 29.9. The van der Waals surface area contributed by atoms with E-state index in [0.717, 1.165) is 22.3 Å². The number of nitrogens with zero attached hydrogens (tertiary/aromatic N) is 3. The van der Waals surface area contributed by atoms with Crippen molar-refractivity contribution in [3.8, 4) is 0 Å². The summed E-state index contributed by atoms with van der Waals surface area (Å²) >= 11 is 0. The number of sulfonamides is 1. The number of aromatic nitrogens is 3. The summed E-state index contributed by atoms with van der Waals surface area (Å²) in [6.45, 7) is 10.3. The highest BCUT2D eigenvalue weighted by Gasteiger charge is 2.22. The van der Waals surface area contributed by atoms with E-state index in [9.17, 15) is 8.42 Å². The Balaban J connectivity index is 2.36. The van der Waals surface area contributed by atoms with Gasteiger partial charge in [-0.25, -0.2) is 13.1 Å². The minimum absolute atomic E-state index is 0.127. The van der Waals surface area contributed by atoms with Gasteiger partial charge >= 0.3 is 0 Å². The van der Waals surface area contributed by atoms with E-state index in [-0.39, 0.29) is 6.54 Å². The van der Waals surface area contributed by atoms with Crippen molar-refractivity contribution in [2.45, 2.75) is 52.6 Å². The molecule has 0 amide bonds.